The smallest absolute Gasteiger partial charge is 0.228 e. The Balaban J connectivity index is 2.33. The Morgan fingerprint density at radius 1 is 1.28 bits per heavy atom. The average molecular weight is 246 g/mol. The van der Waals surface area contributed by atoms with E-state index in [1.807, 2.05) is 19.1 Å². The van der Waals surface area contributed by atoms with Crippen LogP contribution in [0, 0.1) is 6.92 Å². The maximum atomic E-state index is 9.18. The molecule has 0 saturated heterocycles. The molecule has 0 fully saturated rings. The van der Waals surface area contributed by atoms with Gasteiger partial charge in [0.2, 0.25) is 5.88 Å². The number of aromatic nitrogens is 2. The van der Waals surface area contributed by atoms with E-state index in [4.69, 9.17) is 9.47 Å². The summed E-state index contributed by atoms with van der Waals surface area (Å²) in [5.74, 6) is 1.50. The zero-order valence-electron chi connectivity index (χ0n) is 10.3. The first-order chi connectivity index (χ1) is 8.74. The largest absolute Gasteiger partial charge is 0.493 e. The summed E-state index contributed by atoms with van der Waals surface area (Å²) < 4.78 is 10.9. The fourth-order valence-corrected chi connectivity index (χ4v) is 1.51. The van der Waals surface area contributed by atoms with E-state index in [2.05, 4.69) is 9.97 Å². The van der Waals surface area contributed by atoms with Crippen LogP contribution in [0.5, 0.6) is 17.4 Å². The molecule has 18 heavy (non-hydrogen) atoms. The van der Waals surface area contributed by atoms with Gasteiger partial charge in [-0.05, 0) is 24.6 Å². The normalized spacial score (nSPS) is 10.2. The Labute approximate surface area is 105 Å². The zero-order chi connectivity index (χ0) is 13.0. The first-order valence-electron chi connectivity index (χ1n) is 5.47. The minimum absolute atomic E-state index is 0.176. The molecule has 5 nitrogen and oxygen atoms in total. The molecule has 5 heteroatoms. The summed E-state index contributed by atoms with van der Waals surface area (Å²) in [5.41, 5.74) is 1.60. The zero-order valence-corrected chi connectivity index (χ0v) is 10.3. The van der Waals surface area contributed by atoms with Crippen molar-refractivity contribution in [3.05, 3.63) is 41.9 Å². The number of hydrogen-bond donors (Lipinski definition) is 1. The third-order valence-corrected chi connectivity index (χ3v) is 2.44. The van der Waals surface area contributed by atoms with Crippen molar-refractivity contribution in [2.24, 2.45) is 0 Å². The SMILES string of the molecule is COc1cc(C)ccc1Oc1ncncc1CO. The van der Waals surface area contributed by atoms with Gasteiger partial charge in [0.15, 0.2) is 11.5 Å². The monoisotopic (exact) mass is 246 g/mol. The number of aliphatic hydroxyl groups excluding tert-OH is 1. The molecule has 1 heterocycles. The summed E-state index contributed by atoms with van der Waals surface area (Å²) in [6.07, 6.45) is 2.89. The quantitative estimate of drug-likeness (QED) is 0.894. The van der Waals surface area contributed by atoms with Crippen LogP contribution in [0.1, 0.15) is 11.1 Å². The van der Waals surface area contributed by atoms with Crippen LogP contribution < -0.4 is 9.47 Å². The van der Waals surface area contributed by atoms with Crippen LogP contribution in [0.15, 0.2) is 30.7 Å². The number of methoxy groups -OCH3 is 1. The number of benzene rings is 1. The Hall–Kier alpha value is -2.14. The molecule has 0 aliphatic heterocycles. The van der Waals surface area contributed by atoms with Crippen LogP contribution in [0.2, 0.25) is 0 Å². The van der Waals surface area contributed by atoms with Gasteiger partial charge in [0.1, 0.15) is 6.33 Å². The molecule has 1 N–H and O–H groups in total. The summed E-state index contributed by atoms with van der Waals surface area (Å²) in [4.78, 5) is 7.83. The second kappa shape index (κ2) is 5.46. The summed E-state index contributed by atoms with van der Waals surface area (Å²) in [6.45, 7) is 1.79. The maximum Gasteiger partial charge on any atom is 0.228 e. The number of aliphatic hydroxyl groups is 1. The number of aryl methyl sites for hydroxylation is 1. The predicted octanol–water partition coefficient (Wildman–Crippen LogP) is 2.08. The highest BCUT2D eigenvalue weighted by Crippen LogP contribution is 2.32. The second-order valence-electron chi connectivity index (χ2n) is 3.77. The van der Waals surface area contributed by atoms with Gasteiger partial charge in [-0.15, -0.1) is 0 Å². The molecule has 1 aromatic carbocycles. The molecule has 0 aliphatic rings. The van der Waals surface area contributed by atoms with Crippen LogP contribution in [-0.4, -0.2) is 22.2 Å². The van der Waals surface area contributed by atoms with Crippen LogP contribution >= 0.6 is 0 Å². The maximum absolute atomic E-state index is 9.18. The minimum atomic E-state index is -0.176. The highest BCUT2D eigenvalue weighted by Gasteiger charge is 2.10. The Morgan fingerprint density at radius 2 is 2.11 bits per heavy atom. The molecule has 94 valence electrons. The molecule has 2 rings (SSSR count). The number of ether oxygens (including phenoxy) is 2. The summed E-state index contributed by atoms with van der Waals surface area (Å²) in [6, 6.07) is 5.59. The lowest BCUT2D eigenvalue weighted by Gasteiger charge is -2.11. The molecule has 2 aromatic rings. The van der Waals surface area contributed by atoms with Crippen molar-refractivity contribution in [3.63, 3.8) is 0 Å². The fourth-order valence-electron chi connectivity index (χ4n) is 1.51. The van der Waals surface area contributed by atoms with Gasteiger partial charge in [0, 0.05) is 6.20 Å². The van der Waals surface area contributed by atoms with Gasteiger partial charge in [-0.25, -0.2) is 9.97 Å². The van der Waals surface area contributed by atoms with Crippen molar-refractivity contribution in [2.45, 2.75) is 13.5 Å². The molecule has 0 saturated carbocycles. The first kappa shape index (κ1) is 12.3. The highest BCUT2D eigenvalue weighted by molar-refractivity contribution is 5.44. The topological polar surface area (TPSA) is 64.5 Å². The molecule has 0 atom stereocenters. The van der Waals surface area contributed by atoms with Gasteiger partial charge in [-0.1, -0.05) is 6.07 Å². The molecular weight excluding hydrogens is 232 g/mol. The summed E-state index contributed by atoms with van der Waals surface area (Å²) in [7, 11) is 1.58. The number of hydrogen-bond acceptors (Lipinski definition) is 5. The van der Waals surface area contributed by atoms with Gasteiger partial charge in [0.25, 0.3) is 0 Å². The average Bonchev–Trinajstić information content (AvgIpc) is 2.41. The standard InChI is InChI=1S/C13H14N2O3/c1-9-3-4-11(12(5-9)17-2)18-13-10(7-16)6-14-8-15-13/h3-6,8,16H,7H2,1-2H3. The lowest BCUT2D eigenvalue weighted by Crippen LogP contribution is -1.97. The Morgan fingerprint density at radius 3 is 2.83 bits per heavy atom. The van der Waals surface area contributed by atoms with Crippen LogP contribution in [0.4, 0.5) is 0 Å². The minimum Gasteiger partial charge on any atom is -0.493 e. The second-order valence-corrected chi connectivity index (χ2v) is 3.77. The van der Waals surface area contributed by atoms with Gasteiger partial charge in [-0.2, -0.15) is 0 Å². The lowest BCUT2D eigenvalue weighted by atomic mass is 10.2. The van der Waals surface area contributed by atoms with Crippen molar-refractivity contribution in [1.82, 2.24) is 9.97 Å². The molecule has 0 radical (unpaired) electrons. The first-order valence-corrected chi connectivity index (χ1v) is 5.47. The van der Waals surface area contributed by atoms with E-state index in [1.54, 1.807) is 13.2 Å². The van der Waals surface area contributed by atoms with Crippen molar-refractivity contribution in [2.75, 3.05) is 7.11 Å². The summed E-state index contributed by atoms with van der Waals surface area (Å²) in [5, 5.41) is 9.18. The highest BCUT2D eigenvalue weighted by atomic mass is 16.5. The van der Waals surface area contributed by atoms with E-state index in [0.29, 0.717) is 22.9 Å². The van der Waals surface area contributed by atoms with Gasteiger partial charge in [-0.3, -0.25) is 0 Å². The van der Waals surface area contributed by atoms with Gasteiger partial charge >= 0.3 is 0 Å². The molecule has 0 aliphatic carbocycles. The molecule has 0 amide bonds. The molecule has 0 spiro atoms. The van der Waals surface area contributed by atoms with E-state index in [-0.39, 0.29) is 6.61 Å². The summed E-state index contributed by atoms with van der Waals surface area (Å²) >= 11 is 0. The Bertz CT molecular complexity index is 544. The number of rotatable bonds is 4. The van der Waals surface area contributed by atoms with Crippen LogP contribution in [0.25, 0.3) is 0 Å². The van der Waals surface area contributed by atoms with Gasteiger partial charge < -0.3 is 14.6 Å². The van der Waals surface area contributed by atoms with Crippen LogP contribution in [0.3, 0.4) is 0 Å². The molecule has 0 unspecified atom stereocenters. The third-order valence-electron chi connectivity index (χ3n) is 2.44. The van der Waals surface area contributed by atoms with E-state index in [0.717, 1.165) is 5.56 Å². The van der Waals surface area contributed by atoms with E-state index < -0.39 is 0 Å². The van der Waals surface area contributed by atoms with Crippen LogP contribution in [-0.2, 0) is 6.61 Å². The van der Waals surface area contributed by atoms with Crippen molar-refractivity contribution < 1.29 is 14.6 Å². The van der Waals surface area contributed by atoms with E-state index >= 15 is 0 Å². The van der Waals surface area contributed by atoms with E-state index in [1.165, 1.54) is 12.5 Å². The fraction of sp³-hybridized carbons (Fsp3) is 0.231. The van der Waals surface area contributed by atoms with E-state index in [9.17, 15) is 5.11 Å². The Kier molecular flexibility index (Phi) is 3.74. The molecular formula is C13H14N2O3. The van der Waals surface area contributed by atoms with Crippen molar-refractivity contribution >= 4 is 0 Å². The van der Waals surface area contributed by atoms with Crippen molar-refractivity contribution in [1.29, 1.82) is 0 Å². The van der Waals surface area contributed by atoms with Gasteiger partial charge in [0.05, 0.1) is 19.3 Å². The molecule has 0 bridgehead atoms. The predicted molar refractivity (Wildman–Crippen MR) is 65.8 cm³/mol. The molecule has 1 aromatic heterocycles. The number of nitrogens with zero attached hydrogens (tertiary/aromatic N) is 2. The lowest BCUT2D eigenvalue weighted by molar-refractivity contribution is 0.273. The van der Waals surface area contributed by atoms with Crippen molar-refractivity contribution in [3.8, 4) is 17.4 Å². The third kappa shape index (κ3) is 2.57.